The van der Waals surface area contributed by atoms with Gasteiger partial charge in [0, 0.05) is 11.1 Å². The van der Waals surface area contributed by atoms with Crippen molar-refractivity contribution in [2.24, 2.45) is 0 Å². The third kappa shape index (κ3) is 8.49. The molecule has 10 nitrogen and oxygen atoms in total. The van der Waals surface area contributed by atoms with Gasteiger partial charge in [0.1, 0.15) is 11.5 Å². The van der Waals surface area contributed by atoms with Gasteiger partial charge in [0.2, 0.25) is 0 Å². The van der Waals surface area contributed by atoms with Gasteiger partial charge in [-0.2, -0.15) is 0 Å². The van der Waals surface area contributed by atoms with Crippen LogP contribution in [0.2, 0.25) is 0 Å². The Morgan fingerprint density at radius 1 is 0.362 bits per heavy atom. The van der Waals surface area contributed by atoms with Gasteiger partial charge in [-0.1, -0.05) is 72.8 Å². The highest BCUT2D eigenvalue weighted by atomic mass is 31.1. The number of hydrogen-bond donors (Lipinski definition) is 0. The van der Waals surface area contributed by atoms with E-state index >= 15 is 0 Å². The van der Waals surface area contributed by atoms with Crippen molar-refractivity contribution >= 4 is 71.5 Å². The molecule has 0 aliphatic carbocycles. The molecule has 6 aromatic rings. The number of methoxy groups -OCH3 is 6. The summed E-state index contributed by atoms with van der Waals surface area (Å²) in [5, 5.41) is 4.83. The van der Waals surface area contributed by atoms with Crippen LogP contribution in [0.3, 0.4) is 0 Å². The number of ether oxygens (including phenoxy) is 6. The van der Waals surface area contributed by atoms with Gasteiger partial charge < -0.3 is 28.4 Å². The van der Waals surface area contributed by atoms with Crippen LogP contribution in [0.4, 0.5) is 0 Å². The van der Waals surface area contributed by atoms with Crippen molar-refractivity contribution in [2.45, 2.75) is 0 Å². The summed E-state index contributed by atoms with van der Waals surface area (Å²) in [6.45, 7) is 0. The predicted molar refractivity (Wildman–Crippen MR) is 228 cm³/mol. The van der Waals surface area contributed by atoms with Crippen LogP contribution in [0.25, 0.3) is 11.1 Å². The maximum atomic E-state index is 12.9. The fourth-order valence-corrected chi connectivity index (χ4v) is 11.8. The number of carbonyl (C=O) groups is 4. The molecule has 294 valence electrons. The van der Waals surface area contributed by atoms with Crippen molar-refractivity contribution in [3.05, 3.63) is 156 Å². The molecule has 0 saturated carbocycles. The quantitative estimate of drug-likeness (QED) is 0.0776. The van der Waals surface area contributed by atoms with Crippen LogP contribution in [0.15, 0.2) is 133 Å². The maximum Gasteiger partial charge on any atom is 0.337 e. The molecule has 0 aliphatic heterocycles. The predicted octanol–water partition coefficient (Wildman–Crippen LogP) is 6.03. The second-order valence-electron chi connectivity index (χ2n) is 12.5. The van der Waals surface area contributed by atoms with Gasteiger partial charge in [-0.15, -0.1) is 0 Å². The molecule has 0 N–H and O–H groups in total. The third-order valence-electron chi connectivity index (χ3n) is 9.28. The van der Waals surface area contributed by atoms with E-state index in [1.165, 1.54) is 28.4 Å². The van der Waals surface area contributed by atoms with Crippen LogP contribution in [0.5, 0.6) is 11.5 Å². The normalized spacial score (nSPS) is 10.8. The highest BCUT2D eigenvalue weighted by Gasteiger charge is 2.31. The zero-order chi connectivity index (χ0) is 41.3. The summed E-state index contributed by atoms with van der Waals surface area (Å²) in [4.78, 5) is 51.6. The van der Waals surface area contributed by atoms with Crippen molar-refractivity contribution < 1.29 is 47.6 Å². The van der Waals surface area contributed by atoms with Gasteiger partial charge in [0.15, 0.2) is 0 Å². The number of rotatable bonds is 13. The molecule has 0 bridgehead atoms. The molecule has 0 heterocycles. The summed E-state index contributed by atoms with van der Waals surface area (Å²) < 4.78 is 32.8. The molecular formula is C46H40O10P2. The molecular weight excluding hydrogens is 774 g/mol. The van der Waals surface area contributed by atoms with E-state index in [4.69, 9.17) is 28.4 Å². The molecule has 0 spiro atoms. The summed E-state index contributed by atoms with van der Waals surface area (Å²) in [5.41, 5.74) is 2.85. The Labute approximate surface area is 339 Å². The average Bonchev–Trinajstić information content (AvgIpc) is 3.28. The Morgan fingerprint density at radius 2 is 0.621 bits per heavy atom. The second-order valence-corrected chi connectivity index (χ2v) is 16.9. The average molecular weight is 815 g/mol. The van der Waals surface area contributed by atoms with Crippen molar-refractivity contribution in [3.63, 3.8) is 0 Å². The highest BCUT2D eigenvalue weighted by molar-refractivity contribution is 7.80. The highest BCUT2D eigenvalue weighted by Crippen LogP contribution is 2.47. The largest absolute Gasteiger partial charge is 0.496 e. The first kappa shape index (κ1) is 41.3. The standard InChI is InChI=1S/C46H40O10P2/c1-51-37-21-11-23-39(57(33-17-7-13-29(25-33)43(47)53-3)34-18-8-14-30(26-34)44(48)54-4)41(37)42-38(52-2)22-12-24-40(42)58(35-19-9-15-31(27-35)45(49)55-5)36-20-10-16-32(28-36)46(50)56-6/h7-28H,1-6H3. The first-order chi connectivity index (χ1) is 28.2. The molecule has 0 amide bonds. The summed E-state index contributed by atoms with van der Waals surface area (Å²) in [7, 11) is 5.41. The minimum atomic E-state index is -1.56. The van der Waals surface area contributed by atoms with Gasteiger partial charge in [0.05, 0.1) is 64.9 Å². The number of benzene rings is 6. The number of hydrogen-bond acceptors (Lipinski definition) is 10. The van der Waals surface area contributed by atoms with Crippen LogP contribution in [0, 0.1) is 0 Å². The fourth-order valence-electron chi connectivity index (χ4n) is 6.67. The second kappa shape index (κ2) is 18.7. The number of esters is 4. The van der Waals surface area contributed by atoms with Crippen molar-refractivity contribution in [1.82, 2.24) is 0 Å². The molecule has 0 radical (unpaired) electrons. The van der Waals surface area contributed by atoms with Crippen LogP contribution in [0.1, 0.15) is 41.4 Å². The van der Waals surface area contributed by atoms with Gasteiger partial charge in [-0.05, 0) is 108 Å². The summed E-state index contributed by atoms with van der Waals surface area (Å²) >= 11 is 0. The van der Waals surface area contributed by atoms with Crippen molar-refractivity contribution in [1.29, 1.82) is 0 Å². The van der Waals surface area contributed by atoms with E-state index in [1.54, 1.807) is 87.0 Å². The lowest BCUT2D eigenvalue weighted by atomic mass is 10.0. The van der Waals surface area contributed by atoms with Crippen LogP contribution in [-0.2, 0) is 18.9 Å². The zero-order valence-electron chi connectivity index (χ0n) is 32.7. The maximum absolute atomic E-state index is 12.9. The smallest absolute Gasteiger partial charge is 0.337 e. The zero-order valence-corrected chi connectivity index (χ0v) is 34.5. The van der Waals surface area contributed by atoms with Gasteiger partial charge >= 0.3 is 23.9 Å². The molecule has 6 rings (SSSR count). The lowest BCUT2D eigenvalue weighted by molar-refractivity contribution is 0.0592. The van der Waals surface area contributed by atoms with E-state index in [9.17, 15) is 19.2 Å². The minimum Gasteiger partial charge on any atom is -0.496 e. The molecule has 6 aromatic carbocycles. The van der Waals surface area contributed by atoms with E-state index in [0.717, 1.165) is 31.8 Å². The molecule has 58 heavy (non-hydrogen) atoms. The summed E-state index contributed by atoms with van der Waals surface area (Å²) in [5.74, 6) is -0.908. The number of carbonyl (C=O) groups excluding carboxylic acids is 4. The Kier molecular flexibility index (Phi) is 13.3. The molecule has 0 unspecified atom stereocenters. The molecule has 12 heteroatoms. The first-order valence-electron chi connectivity index (χ1n) is 17.9. The van der Waals surface area contributed by atoms with E-state index in [-0.39, 0.29) is 0 Å². The van der Waals surface area contributed by atoms with Crippen LogP contribution >= 0.6 is 15.8 Å². The van der Waals surface area contributed by atoms with Crippen LogP contribution < -0.4 is 41.3 Å². The van der Waals surface area contributed by atoms with Crippen molar-refractivity contribution in [3.8, 4) is 22.6 Å². The van der Waals surface area contributed by atoms with E-state index in [0.29, 0.717) is 44.9 Å². The lowest BCUT2D eigenvalue weighted by Crippen LogP contribution is -2.27. The van der Waals surface area contributed by atoms with Crippen LogP contribution in [-0.4, -0.2) is 66.5 Å². The third-order valence-corrected chi connectivity index (χ3v) is 14.2. The minimum absolute atomic E-state index is 0.360. The van der Waals surface area contributed by atoms with E-state index < -0.39 is 39.7 Å². The Balaban J connectivity index is 1.73. The van der Waals surface area contributed by atoms with E-state index in [1.807, 2.05) is 60.7 Å². The Bertz CT molecular complexity index is 2210. The molecule has 0 atom stereocenters. The fraction of sp³-hybridized carbons (Fsp3) is 0.130. The lowest BCUT2D eigenvalue weighted by Gasteiger charge is -2.29. The summed E-state index contributed by atoms with van der Waals surface area (Å²) in [6.07, 6.45) is 0. The SMILES string of the molecule is COC(=O)c1cccc(P(c2cccc(C(=O)OC)c2)c2cccc(OC)c2-c2c(OC)cccc2P(c2cccc(C(=O)OC)c2)c2cccc(C(=O)OC)c2)c1. The molecule has 0 aliphatic rings. The van der Waals surface area contributed by atoms with Gasteiger partial charge in [0.25, 0.3) is 0 Å². The topological polar surface area (TPSA) is 124 Å². The molecule has 0 saturated heterocycles. The molecule has 0 fully saturated rings. The Morgan fingerprint density at radius 3 is 0.862 bits per heavy atom. The molecule has 0 aromatic heterocycles. The van der Waals surface area contributed by atoms with Gasteiger partial charge in [-0.25, -0.2) is 19.2 Å². The Hall–Kier alpha value is -6.34. The van der Waals surface area contributed by atoms with Crippen molar-refractivity contribution in [2.75, 3.05) is 42.7 Å². The summed E-state index contributed by atoms with van der Waals surface area (Å²) in [6, 6.07) is 40.5. The first-order valence-corrected chi connectivity index (χ1v) is 20.5. The monoisotopic (exact) mass is 814 g/mol. The van der Waals surface area contributed by atoms with E-state index in [2.05, 4.69) is 0 Å². The van der Waals surface area contributed by atoms with Gasteiger partial charge in [-0.3, -0.25) is 0 Å².